The van der Waals surface area contributed by atoms with Gasteiger partial charge in [-0.2, -0.15) is 0 Å². The van der Waals surface area contributed by atoms with Gasteiger partial charge in [0.05, 0.1) is 28.8 Å². The van der Waals surface area contributed by atoms with Crippen molar-refractivity contribution in [1.82, 2.24) is 0 Å². The molecule has 1 aliphatic heterocycles. The number of halogens is 2. The summed E-state index contributed by atoms with van der Waals surface area (Å²) in [5.41, 5.74) is 4.89. The molecule has 0 spiro atoms. The van der Waals surface area contributed by atoms with Crippen molar-refractivity contribution in [2.24, 2.45) is 5.92 Å². The van der Waals surface area contributed by atoms with Crippen molar-refractivity contribution in [3.05, 3.63) is 74.8 Å². The first kappa shape index (κ1) is 17.4. The topological polar surface area (TPSA) is 38.3 Å². The van der Waals surface area contributed by atoms with Gasteiger partial charge in [-0.05, 0) is 54.2 Å². The maximum Gasteiger partial charge on any atom is 0.338 e. The number of ether oxygens (including phenoxy) is 1. The van der Waals surface area contributed by atoms with E-state index in [1.165, 1.54) is 7.11 Å². The number of esters is 1. The molecular weight excluding hydrogens is 369 g/mol. The summed E-state index contributed by atoms with van der Waals surface area (Å²) >= 11 is 12.3. The zero-order valence-electron chi connectivity index (χ0n) is 14.6. The average Bonchev–Trinajstić information content (AvgIpc) is 3.13. The molecular formula is C21H19Cl2NO2. The zero-order valence-corrected chi connectivity index (χ0v) is 16.1. The van der Waals surface area contributed by atoms with E-state index < -0.39 is 0 Å². The Hall–Kier alpha value is -1.97. The van der Waals surface area contributed by atoms with Crippen LogP contribution in [0.5, 0.6) is 0 Å². The Morgan fingerprint density at radius 3 is 2.73 bits per heavy atom. The fourth-order valence-electron chi connectivity index (χ4n) is 4.18. The van der Waals surface area contributed by atoms with Gasteiger partial charge >= 0.3 is 5.97 Å². The number of anilines is 1. The molecule has 1 N–H and O–H groups in total. The third kappa shape index (κ3) is 2.70. The molecule has 4 rings (SSSR count). The van der Waals surface area contributed by atoms with Crippen LogP contribution in [0.3, 0.4) is 0 Å². The zero-order chi connectivity index (χ0) is 18.4. The van der Waals surface area contributed by atoms with E-state index in [1.807, 2.05) is 30.3 Å². The molecule has 0 unspecified atom stereocenters. The lowest BCUT2D eigenvalue weighted by Crippen LogP contribution is -2.31. The van der Waals surface area contributed by atoms with Gasteiger partial charge in [0.2, 0.25) is 0 Å². The van der Waals surface area contributed by atoms with Gasteiger partial charge in [-0.1, -0.05) is 47.5 Å². The molecule has 134 valence electrons. The van der Waals surface area contributed by atoms with Gasteiger partial charge in [-0.15, -0.1) is 0 Å². The van der Waals surface area contributed by atoms with E-state index in [1.54, 1.807) is 0 Å². The molecule has 0 saturated heterocycles. The Morgan fingerprint density at radius 1 is 1.19 bits per heavy atom. The fraction of sp³-hybridized carbons (Fsp3) is 0.286. The first-order chi connectivity index (χ1) is 12.5. The van der Waals surface area contributed by atoms with Crippen molar-refractivity contribution in [1.29, 1.82) is 0 Å². The van der Waals surface area contributed by atoms with Crippen molar-refractivity contribution in [2.75, 3.05) is 12.4 Å². The van der Waals surface area contributed by atoms with Crippen LogP contribution in [-0.2, 0) is 4.74 Å². The van der Waals surface area contributed by atoms with Crippen LogP contribution in [0.25, 0.3) is 0 Å². The van der Waals surface area contributed by atoms with Crippen LogP contribution in [0.15, 0.2) is 42.5 Å². The van der Waals surface area contributed by atoms with Crippen LogP contribution in [0.1, 0.15) is 45.4 Å². The second-order valence-electron chi connectivity index (χ2n) is 6.86. The highest BCUT2D eigenvalue weighted by Crippen LogP contribution is 2.52. The summed E-state index contributed by atoms with van der Waals surface area (Å²) < 4.78 is 5.01. The van der Waals surface area contributed by atoms with Gasteiger partial charge in [0.25, 0.3) is 0 Å². The Labute approximate surface area is 163 Å². The number of hydrogen-bond donors (Lipinski definition) is 1. The molecule has 0 radical (unpaired) electrons. The van der Waals surface area contributed by atoms with Crippen LogP contribution in [0.4, 0.5) is 5.69 Å². The van der Waals surface area contributed by atoms with Crippen LogP contribution in [0.2, 0.25) is 10.0 Å². The number of aryl methyl sites for hydroxylation is 1. The molecule has 2 aromatic carbocycles. The van der Waals surface area contributed by atoms with Gasteiger partial charge in [0.1, 0.15) is 0 Å². The van der Waals surface area contributed by atoms with E-state index in [0.29, 0.717) is 21.5 Å². The largest absolute Gasteiger partial charge is 0.465 e. The number of nitrogens with one attached hydrogen (secondary N) is 1. The molecule has 0 amide bonds. The average molecular weight is 388 g/mol. The number of rotatable bonds is 2. The van der Waals surface area contributed by atoms with E-state index in [-0.39, 0.29) is 17.9 Å². The van der Waals surface area contributed by atoms with Crippen molar-refractivity contribution < 1.29 is 9.53 Å². The van der Waals surface area contributed by atoms with E-state index in [2.05, 4.69) is 24.4 Å². The van der Waals surface area contributed by atoms with Crippen molar-refractivity contribution in [2.45, 2.75) is 25.3 Å². The minimum Gasteiger partial charge on any atom is -0.465 e. The second-order valence-corrected chi connectivity index (χ2v) is 7.67. The summed E-state index contributed by atoms with van der Waals surface area (Å²) in [4.78, 5) is 12.3. The van der Waals surface area contributed by atoms with E-state index in [4.69, 9.17) is 27.9 Å². The van der Waals surface area contributed by atoms with Crippen LogP contribution in [-0.4, -0.2) is 13.1 Å². The molecule has 2 aliphatic rings. The number of fused-ring (bicyclic) bond motifs is 3. The smallest absolute Gasteiger partial charge is 0.338 e. The highest BCUT2D eigenvalue weighted by Gasteiger charge is 2.40. The molecule has 1 heterocycles. The summed E-state index contributed by atoms with van der Waals surface area (Å²) in [5.74, 6) is 0.180. The summed E-state index contributed by atoms with van der Waals surface area (Å²) in [6.07, 6.45) is 5.34. The number of carbonyl (C=O) groups is 1. The van der Waals surface area contributed by atoms with Crippen molar-refractivity contribution in [3.8, 4) is 0 Å². The lowest BCUT2D eigenvalue weighted by atomic mass is 9.75. The Bertz CT molecular complexity index is 922. The fourth-order valence-corrected chi connectivity index (χ4v) is 4.49. The monoisotopic (exact) mass is 387 g/mol. The molecule has 0 aromatic heterocycles. The molecule has 0 saturated carbocycles. The minimum atomic E-state index is -0.296. The van der Waals surface area contributed by atoms with Gasteiger partial charge in [-0.3, -0.25) is 0 Å². The summed E-state index contributed by atoms with van der Waals surface area (Å²) in [5, 5.41) is 4.78. The first-order valence-electron chi connectivity index (χ1n) is 8.61. The van der Waals surface area contributed by atoms with E-state index >= 15 is 0 Å². The van der Waals surface area contributed by atoms with Crippen molar-refractivity contribution in [3.63, 3.8) is 0 Å². The summed E-state index contributed by atoms with van der Waals surface area (Å²) in [6, 6.07) is 9.72. The molecule has 0 bridgehead atoms. The van der Waals surface area contributed by atoms with E-state index in [0.717, 1.165) is 28.8 Å². The molecule has 3 nitrogen and oxygen atoms in total. The van der Waals surface area contributed by atoms with Gasteiger partial charge < -0.3 is 10.1 Å². The standard InChI is InChI=1S/C21H19Cl2NO2/c1-11-6-8-15(21(25)26-2)18-13-4-3-5-14(13)20(24-19(11)18)12-7-9-16(22)17(23)10-12/h3-4,6-10,13-14,20,24H,5H2,1-2H3/t13-,14+,20-/m1/s1. The third-order valence-corrected chi connectivity index (χ3v) is 6.18. The van der Waals surface area contributed by atoms with Gasteiger partial charge in [-0.25, -0.2) is 4.79 Å². The molecule has 0 fully saturated rings. The number of allylic oxidation sites excluding steroid dienone is 2. The lowest BCUT2D eigenvalue weighted by molar-refractivity contribution is 0.0598. The maximum absolute atomic E-state index is 12.3. The number of methoxy groups -OCH3 is 1. The van der Waals surface area contributed by atoms with Gasteiger partial charge in [0, 0.05) is 11.6 Å². The number of benzene rings is 2. The predicted octanol–water partition coefficient (Wildman–Crippen LogP) is 5.91. The Kier molecular flexibility index (Phi) is 4.45. The SMILES string of the molecule is COC(=O)c1ccc(C)c2c1[C@@H]1C=CC[C@@H]1[C@@H](c1ccc(Cl)c(Cl)c1)N2. The minimum absolute atomic E-state index is 0.101. The first-order valence-corrected chi connectivity index (χ1v) is 9.36. The van der Waals surface area contributed by atoms with Gasteiger partial charge in [0.15, 0.2) is 0 Å². The second kappa shape index (κ2) is 6.64. The normalized spacial score (nSPS) is 23.2. The highest BCUT2D eigenvalue weighted by atomic mass is 35.5. The lowest BCUT2D eigenvalue weighted by Gasteiger charge is -2.39. The number of carbonyl (C=O) groups excluding carboxylic acids is 1. The third-order valence-electron chi connectivity index (χ3n) is 5.44. The Morgan fingerprint density at radius 2 is 2.00 bits per heavy atom. The quantitative estimate of drug-likeness (QED) is 0.513. The van der Waals surface area contributed by atoms with Crippen molar-refractivity contribution >= 4 is 34.9 Å². The summed E-state index contributed by atoms with van der Waals surface area (Å²) in [7, 11) is 1.42. The number of hydrogen-bond acceptors (Lipinski definition) is 3. The van der Waals surface area contributed by atoms with Crippen LogP contribution < -0.4 is 5.32 Å². The van der Waals surface area contributed by atoms with Crippen LogP contribution >= 0.6 is 23.2 Å². The highest BCUT2D eigenvalue weighted by molar-refractivity contribution is 6.42. The predicted molar refractivity (Wildman–Crippen MR) is 105 cm³/mol. The maximum atomic E-state index is 12.3. The summed E-state index contributed by atoms with van der Waals surface area (Å²) in [6.45, 7) is 2.05. The molecule has 3 atom stereocenters. The molecule has 2 aromatic rings. The Balaban J connectivity index is 1.86. The molecule has 5 heteroatoms. The molecule has 26 heavy (non-hydrogen) atoms. The molecule has 1 aliphatic carbocycles. The van der Waals surface area contributed by atoms with Crippen LogP contribution in [0, 0.1) is 12.8 Å². The van der Waals surface area contributed by atoms with E-state index in [9.17, 15) is 4.79 Å².